The Kier molecular flexibility index (Phi) is 10.0. The van der Waals surface area contributed by atoms with E-state index < -0.39 is 44.7 Å². The maximum absolute atomic E-state index is 12.3. The van der Waals surface area contributed by atoms with Crippen molar-refractivity contribution in [2.45, 2.75) is 50.4 Å². The fourth-order valence-electron chi connectivity index (χ4n) is 4.39. The van der Waals surface area contributed by atoms with Crippen molar-refractivity contribution in [3.05, 3.63) is 116 Å². The van der Waals surface area contributed by atoms with Crippen LogP contribution in [0.3, 0.4) is 0 Å². The van der Waals surface area contributed by atoms with Gasteiger partial charge in [-0.2, -0.15) is 0 Å². The number of hydrogen-bond acceptors (Lipinski definition) is 8. The van der Waals surface area contributed by atoms with Crippen LogP contribution < -0.4 is 10.6 Å². The lowest BCUT2D eigenvalue weighted by atomic mass is 10.0. The van der Waals surface area contributed by atoms with Crippen molar-refractivity contribution < 1.29 is 29.6 Å². The Labute approximate surface area is 230 Å². The molecule has 3 aromatic carbocycles. The Morgan fingerprint density at radius 1 is 0.975 bits per heavy atom. The van der Waals surface area contributed by atoms with Crippen molar-refractivity contribution in [3.8, 4) is 0 Å². The highest BCUT2D eigenvalue weighted by atomic mass is 16.6. The summed E-state index contributed by atoms with van der Waals surface area (Å²) in [6, 6.07) is 19.3. The van der Waals surface area contributed by atoms with Gasteiger partial charge in [0.15, 0.2) is 6.04 Å². The van der Waals surface area contributed by atoms with Crippen molar-refractivity contribution in [3.63, 3.8) is 0 Å². The number of nitro groups is 2. The first-order chi connectivity index (χ1) is 19.0. The summed E-state index contributed by atoms with van der Waals surface area (Å²) in [6.45, 7) is 2.78. The van der Waals surface area contributed by atoms with Gasteiger partial charge in [-0.1, -0.05) is 60.7 Å². The number of non-ortho nitro benzene ring substituents is 2. The largest absolute Gasteiger partial charge is 0.479 e. The number of nitrogens with zero attached hydrogens (tertiary/aromatic N) is 2. The minimum atomic E-state index is -1.41. The van der Waals surface area contributed by atoms with Crippen molar-refractivity contribution in [1.82, 2.24) is 10.6 Å². The summed E-state index contributed by atoms with van der Waals surface area (Å²) in [7, 11) is 0. The standard InChI is InChI=1S/C15H11N3O7.C13H19NO/c19-14(16-13(15(20)21)9-4-2-1-3-5-9)10-6-11(17(22)23)8-12(7-10)18(24)25;1-13(15)9-5-8-12(13)14-10-11-6-3-2-4-7-11/h1-8,13H,(H,16,19)(H,20,21);2-4,6-7,12,14-15H,5,8-10H2,1H3/t13-;/m0./s1. The Morgan fingerprint density at radius 2 is 1.52 bits per heavy atom. The molecule has 40 heavy (non-hydrogen) atoms. The van der Waals surface area contributed by atoms with Crippen LogP contribution in [0, 0.1) is 20.2 Å². The molecule has 1 aliphatic rings. The molecule has 3 atom stereocenters. The molecule has 1 aliphatic carbocycles. The van der Waals surface area contributed by atoms with Gasteiger partial charge in [-0.25, -0.2) is 4.79 Å². The molecule has 3 aromatic rings. The summed E-state index contributed by atoms with van der Waals surface area (Å²) in [6.07, 6.45) is 3.12. The van der Waals surface area contributed by atoms with Gasteiger partial charge in [0.25, 0.3) is 17.3 Å². The highest BCUT2D eigenvalue weighted by molar-refractivity contribution is 5.98. The quantitative estimate of drug-likeness (QED) is 0.224. The van der Waals surface area contributed by atoms with Crippen molar-refractivity contribution >= 4 is 23.3 Å². The summed E-state index contributed by atoms with van der Waals surface area (Å²) in [5.41, 5.74) is -0.641. The number of nitrogens with one attached hydrogen (secondary N) is 2. The second-order valence-electron chi connectivity index (χ2n) is 9.58. The van der Waals surface area contributed by atoms with Gasteiger partial charge in [-0.15, -0.1) is 0 Å². The molecule has 1 amide bonds. The molecule has 4 N–H and O–H groups in total. The van der Waals surface area contributed by atoms with E-state index in [2.05, 4.69) is 22.8 Å². The van der Waals surface area contributed by atoms with Gasteiger partial charge in [0.2, 0.25) is 0 Å². The third-order valence-corrected chi connectivity index (χ3v) is 6.56. The zero-order chi connectivity index (χ0) is 29.3. The maximum Gasteiger partial charge on any atom is 0.330 e. The van der Waals surface area contributed by atoms with E-state index in [0.29, 0.717) is 6.07 Å². The van der Waals surface area contributed by atoms with E-state index in [9.17, 15) is 40.0 Å². The number of aliphatic hydroxyl groups is 1. The number of benzene rings is 3. The average Bonchev–Trinajstić information content (AvgIpc) is 3.28. The van der Waals surface area contributed by atoms with Gasteiger partial charge in [-0.05, 0) is 37.3 Å². The van der Waals surface area contributed by atoms with Crippen LogP contribution in [0.2, 0.25) is 0 Å². The van der Waals surface area contributed by atoms with E-state index in [0.717, 1.165) is 37.9 Å². The zero-order valence-electron chi connectivity index (χ0n) is 21.7. The number of nitro benzene ring substituents is 2. The Bertz CT molecular complexity index is 1320. The normalized spacial score (nSPS) is 18.6. The summed E-state index contributed by atoms with van der Waals surface area (Å²) in [5.74, 6) is -2.33. The molecule has 0 aromatic heterocycles. The lowest BCUT2D eigenvalue weighted by molar-refractivity contribution is -0.394. The molecule has 4 rings (SSSR count). The van der Waals surface area contributed by atoms with Crippen LogP contribution in [-0.2, 0) is 11.3 Å². The smallest absolute Gasteiger partial charge is 0.330 e. The highest BCUT2D eigenvalue weighted by Crippen LogP contribution is 2.29. The first-order valence-corrected chi connectivity index (χ1v) is 12.5. The molecule has 0 spiro atoms. The first kappa shape index (κ1) is 29.9. The van der Waals surface area contributed by atoms with Crippen LogP contribution in [0.4, 0.5) is 11.4 Å². The minimum absolute atomic E-state index is 0.248. The van der Waals surface area contributed by atoms with E-state index >= 15 is 0 Å². The molecule has 0 saturated heterocycles. The predicted molar refractivity (Wildman–Crippen MR) is 146 cm³/mol. The Hall–Kier alpha value is -4.68. The number of hydrogen-bond donors (Lipinski definition) is 4. The van der Waals surface area contributed by atoms with Gasteiger partial charge in [-0.3, -0.25) is 25.0 Å². The lowest BCUT2D eigenvalue weighted by Crippen LogP contribution is -2.44. The molecule has 0 radical (unpaired) electrons. The third kappa shape index (κ3) is 8.16. The predicted octanol–water partition coefficient (Wildman–Crippen LogP) is 4.14. The van der Waals surface area contributed by atoms with Gasteiger partial charge in [0.1, 0.15) is 0 Å². The molecule has 1 saturated carbocycles. The monoisotopic (exact) mass is 550 g/mol. The van der Waals surface area contributed by atoms with Crippen molar-refractivity contribution in [2.75, 3.05) is 0 Å². The molecule has 1 fully saturated rings. The van der Waals surface area contributed by atoms with Crippen molar-refractivity contribution in [2.24, 2.45) is 0 Å². The molecular formula is C28H30N4O8. The van der Waals surface area contributed by atoms with E-state index in [4.69, 9.17) is 0 Å². The van der Waals surface area contributed by atoms with Crippen LogP contribution in [0.1, 0.15) is 53.7 Å². The molecule has 12 nitrogen and oxygen atoms in total. The lowest BCUT2D eigenvalue weighted by Gasteiger charge is -2.26. The second-order valence-corrected chi connectivity index (χ2v) is 9.58. The third-order valence-electron chi connectivity index (χ3n) is 6.56. The summed E-state index contributed by atoms with van der Waals surface area (Å²) in [4.78, 5) is 43.6. The molecule has 0 aliphatic heterocycles. The minimum Gasteiger partial charge on any atom is -0.479 e. The number of amides is 1. The average molecular weight is 551 g/mol. The summed E-state index contributed by atoms with van der Waals surface area (Å²) < 4.78 is 0. The van der Waals surface area contributed by atoms with Crippen molar-refractivity contribution in [1.29, 1.82) is 0 Å². The number of aliphatic carboxylic acids is 1. The van der Waals surface area contributed by atoms with Crippen LogP contribution in [0.15, 0.2) is 78.9 Å². The first-order valence-electron chi connectivity index (χ1n) is 12.5. The second kappa shape index (κ2) is 13.4. The fourth-order valence-corrected chi connectivity index (χ4v) is 4.39. The number of carboxylic acids is 1. The molecule has 2 unspecified atom stereocenters. The van der Waals surface area contributed by atoms with E-state index in [-0.39, 0.29) is 17.2 Å². The zero-order valence-corrected chi connectivity index (χ0v) is 21.7. The topological polar surface area (TPSA) is 185 Å². The van der Waals surface area contributed by atoms with Gasteiger partial charge in [0.05, 0.1) is 27.1 Å². The summed E-state index contributed by atoms with van der Waals surface area (Å²) in [5, 5.41) is 46.7. The molecule has 0 heterocycles. The van der Waals surface area contributed by atoms with Gasteiger partial charge < -0.3 is 20.8 Å². The van der Waals surface area contributed by atoms with E-state index in [1.54, 1.807) is 18.2 Å². The molecular weight excluding hydrogens is 520 g/mol. The van der Waals surface area contributed by atoms with Crippen LogP contribution in [-0.4, -0.2) is 43.6 Å². The van der Waals surface area contributed by atoms with Crippen LogP contribution in [0.5, 0.6) is 0 Å². The Morgan fingerprint density at radius 3 is 2.00 bits per heavy atom. The molecule has 0 bridgehead atoms. The number of carboxylic acid groups (broad SMARTS) is 1. The number of rotatable bonds is 9. The fraction of sp³-hybridized carbons (Fsp3) is 0.286. The Balaban J connectivity index is 0.000000249. The number of carbonyl (C=O) groups is 2. The molecule has 210 valence electrons. The highest BCUT2D eigenvalue weighted by Gasteiger charge is 2.36. The molecule has 12 heteroatoms. The van der Waals surface area contributed by atoms with E-state index in [1.807, 2.05) is 25.1 Å². The maximum atomic E-state index is 12.3. The summed E-state index contributed by atoms with van der Waals surface area (Å²) >= 11 is 0. The van der Waals surface area contributed by atoms with E-state index in [1.165, 1.54) is 17.7 Å². The van der Waals surface area contributed by atoms with Crippen LogP contribution in [0.25, 0.3) is 0 Å². The SMILES string of the molecule is CC1(O)CCCC1NCc1ccccc1.O=C(N[C@H](C(=O)O)c1ccccc1)c1cc([N+](=O)[O-])cc([N+](=O)[O-])c1. The van der Waals surface area contributed by atoms with Gasteiger partial charge >= 0.3 is 5.97 Å². The van der Waals surface area contributed by atoms with Gasteiger partial charge in [0, 0.05) is 24.7 Å². The van der Waals surface area contributed by atoms with Crippen LogP contribution >= 0.6 is 0 Å². The number of carbonyl (C=O) groups excluding carboxylic acids is 1.